The van der Waals surface area contributed by atoms with E-state index in [1.165, 1.54) is 103 Å². The molecule has 3 unspecified atom stereocenters. The molecule has 9 heteroatoms. The molecule has 0 aliphatic rings. The second-order valence-corrected chi connectivity index (χ2v) is 18.5. The molecule has 3 atom stereocenters. The first-order valence-electron chi connectivity index (χ1n) is 23.8. The summed E-state index contributed by atoms with van der Waals surface area (Å²) in [6.07, 6.45) is 55.4. The molecule has 0 bridgehead atoms. The van der Waals surface area contributed by atoms with Gasteiger partial charge in [0.15, 0.2) is 0 Å². The van der Waals surface area contributed by atoms with Crippen LogP contribution in [-0.4, -0.2) is 68.5 Å². The zero-order valence-electron chi connectivity index (χ0n) is 38.7. The first-order chi connectivity index (χ1) is 28.5. The molecule has 0 aromatic carbocycles. The van der Waals surface area contributed by atoms with Crippen LogP contribution in [0.1, 0.15) is 187 Å². The third kappa shape index (κ3) is 43.8. The highest BCUT2D eigenvalue weighted by Gasteiger charge is 2.23. The van der Waals surface area contributed by atoms with E-state index < -0.39 is 26.6 Å². The Kier molecular flexibility index (Phi) is 39.9. The molecule has 0 aliphatic carbocycles. The highest BCUT2D eigenvalue weighted by molar-refractivity contribution is 7.45. The van der Waals surface area contributed by atoms with E-state index >= 15 is 0 Å². The second-order valence-electron chi connectivity index (χ2n) is 17.1. The lowest BCUT2D eigenvalue weighted by Gasteiger charge is -2.29. The molecule has 0 radical (unpaired) electrons. The van der Waals surface area contributed by atoms with Crippen molar-refractivity contribution >= 4 is 13.7 Å². The van der Waals surface area contributed by atoms with Crippen LogP contribution in [0.15, 0.2) is 72.9 Å². The zero-order valence-corrected chi connectivity index (χ0v) is 39.6. The van der Waals surface area contributed by atoms with E-state index in [-0.39, 0.29) is 18.9 Å². The summed E-state index contributed by atoms with van der Waals surface area (Å²) in [6.45, 7) is 4.47. The van der Waals surface area contributed by atoms with Gasteiger partial charge in [-0.1, -0.05) is 183 Å². The molecule has 0 fully saturated rings. The van der Waals surface area contributed by atoms with Crippen molar-refractivity contribution in [3.63, 3.8) is 0 Å². The van der Waals surface area contributed by atoms with E-state index in [0.29, 0.717) is 17.4 Å². The average molecular weight is 847 g/mol. The topological polar surface area (TPSA) is 108 Å². The van der Waals surface area contributed by atoms with Crippen LogP contribution in [0.2, 0.25) is 0 Å². The minimum Gasteiger partial charge on any atom is -0.756 e. The van der Waals surface area contributed by atoms with Gasteiger partial charge >= 0.3 is 0 Å². The Labute approximate surface area is 364 Å². The Morgan fingerprint density at radius 2 is 1.05 bits per heavy atom. The van der Waals surface area contributed by atoms with Gasteiger partial charge in [0.25, 0.3) is 7.82 Å². The van der Waals surface area contributed by atoms with Crippen molar-refractivity contribution < 1.29 is 32.9 Å². The number of allylic oxidation sites excluding steroid dienone is 11. The van der Waals surface area contributed by atoms with Crippen LogP contribution in [0.3, 0.4) is 0 Å². The summed E-state index contributed by atoms with van der Waals surface area (Å²) in [6, 6.07) is -0.928. The summed E-state index contributed by atoms with van der Waals surface area (Å²) in [7, 11) is 1.21. The van der Waals surface area contributed by atoms with E-state index in [0.717, 1.165) is 57.8 Å². The lowest BCUT2D eigenvalue weighted by molar-refractivity contribution is -0.870. The number of aliphatic hydroxyl groups is 1. The molecule has 1 amide bonds. The summed E-state index contributed by atoms with van der Waals surface area (Å²) < 4.78 is 23.2. The summed E-state index contributed by atoms with van der Waals surface area (Å²) in [5, 5.41) is 13.8. The number of hydrogen-bond donors (Lipinski definition) is 2. The number of nitrogens with zero attached hydrogens (tertiary/aromatic N) is 1. The van der Waals surface area contributed by atoms with Gasteiger partial charge < -0.3 is 28.8 Å². The van der Waals surface area contributed by atoms with Crippen LogP contribution in [0.25, 0.3) is 0 Å². The van der Waals surface area contributed by atoms with Crippen LogP contribution in [-0.2, 0) is 18.4 Å². The molecule has 342 valence electrons. The zero-order chi connectivity index (χ0) is 43.6. The number of nitrogens with one attached hydrogen (secondary N) is 1. The van der Waals surface area contributed by atoms with Crippen molar-refractivity contribution in [1.82, 2.24) is 5.32 Å². The summed E-state index contributed by atoms with van der Waals surface area (Å²) in [5.74, 6) is -0.250. The molecular weight excluding hydrogens is 756 g/mol. The normalized spacial score (nSPS) is 14.9. The second kappa shape index (κ2) is 41.3. The Balaban J connectivity index is 4.46. The molecule has 0 rings (SSSR count). The minimum atomic E-state index is -4.61. The van der Waals surface area contributed by atoms with Crippen molar-refractivity contribution in [3.8, 4) is 0 Å². The maximum absolute atomic E-state index is 12.8. The van der Waals surface area contributed by atoms with Gasteiger partial charge in [-0.2, -0.15) is 0 Å². The van der Waals surface area contributed by atoms with Gasteiger partial charge in [-0.05, 0) is 70.6 Å². The maximum Gasteiger partial charge on any atom is 0.268 e. The summed E-state index contributed by atoms with van der Waals surface area (Å²) >= 11 is 0. The molecule has 2 N–H and O–H groups in total. The third-order valence-electron chi connectivity index (χ3n) is 10.2. The van der Waals surface area contributed by atoms with Crippen molar-refractivity contribution in [2.45, 2.75) is 199 Å². The fourth-order valence-electron chi connectivity index (χ4n) is 6.39. The molecule has 0 saturated carbocycles. The van der Waals surface area contributed by atoms with Crippen LogP contribution in [0, 0.1) is 0 Å². The van der Waals surface area contributed by atoms with Crippen LogP contribution < -0.4 is 10.2 Å². The Morgan fingerprint density at radius 1 is 0.610 bits per heavy atom. The van der Waals surface area contributed by atoms with Crippen LogP contribution in [0.5, 0.6) is 0 Å². The first kappa shape index (κ1) is 56.9. The SMILES string of the molecule is CC/C=C\C/C=C\C/C=C\C/C=C\CCCCC(=O)NC(COP(=O)([O-])OCC[N+](C)(C)C)C(O)/C=C/CC/C=C/CCCCCCCCCCCCCCCCCC. The smallest absolute Gasteiger partial charge is 0.268 e. The molecule has 59 heavy (non-hydrogen) atoms. The van der Waals surface area contributed by atoms with Crippen LogP contribution in [0.4, 0.5) is 0 Å². The van der Waals surface area contributed by atoms with Gasteiger partial charge in [0, 0.05) is 6.42 Å². The van der Waals surface area contributed by atoms with E-state index in [1.807, 2.05) is 27.2 Å². The van der Waals surface area contributed by atoms with Crippen molar-refractivity contribution in [2.24, 2.45) is 0 Å². The van der Waals surface area contributed by atoms with Gasteiger partial charge in [-0.15, -0.1) is 0 Å². The van der Waals surface area contributed by atoms with E-state index in [2.05, 4.69) is 79.9 Å². The number of hydrogen-bond acceptors (Lipinski definition) is 6. The Morgan fingerprint density at radius 3 is 1.58 bits per heavy atom. The lowest BCUT2D eigenvalue weighted by atomic mass is 10.0. The average Bonchev–Trinajstić information content (AvgIpc) is 3.19. The fraction of sp³-hybridized carbons (Fsp3) is 0.740. The van der Waals surface area contributed by atoms with Crippen LogP contribution >= 0.6 is 7.82 Å². The molecule has 0 aromatic rings. The van der Waals surface area contributed by atoms with Gasteiger partial charge in [0.1, 0.15) is 13.2 Å². The van der Waals surface area contributed by atoms with Gasteiger partial charge in [-0.3, -0.25) is 9.36 Å². The molecule has 0 aliphatic heterocycles. The van der Waals surface area contributed by atoms with Crippen molar-refractivity contribution in [1.29, 1.82) is 0 Å². The number of aliphatic hydroxyl groups excluding tert-OH is 1. The number of carbonyl (C=O) groups excluding carboxylic acids is 1. The van der Waals surface area contributed by atoms with Gasteiger partial charge in [0.05, 0.1) is 39.9 Å². The van der Waals surface area contributed by atoms with Crippen molar-refractivity contribution in [3.05, 3.63) is 72.9 Å². The quantitative estimate of drug-likeness (QED) is 0.0274. The largest absolute Gasteiger partial charge is 0.756 e. The summed E-state index contributed by atoms with van der Waals surface area (Å²) in [4.78, 5) is 25.3. The number of rotatable bonds is 42. The Hall–Kier alpha value is -2.06. The summed E-state index contributed by atoms with van der Waals surface area (Å²) in [5.41, 5.74) is 0. The fourth-order valence-corrected chi connectivity index (χ4v) is 7.12. The monoisotopic (exact) mass is 847 g/mol. The molecule has 0 spiro atoms. The molecule has 0 saturated heterocycles. The maximum atomic E-state index is 12.8. The van der Waals surface area contributed by atoms with E-state index in [9.17, 15) is 19.4 Å². The molecule has 0 heterocycles. The number of quaternary nitrogens is 1. The third-order valence-corrected chi connectivity index (χ3v) is 11.1. The Bertz CT molecular complexity index is 1190. The van der Waals surface area contributed by atoms with E-state index in [4.69, 9.17) is 9.05 Å². The van der Waals surface area contributed by atoms with Gasteiger partial charge in [-0.25, -0.2) is 0 Å². The molecule has 8 nitrogen and oxygen atoms in total. The number of likely N-dealkylation sites (N-methyl/N-ethyl adjacent to an activating group) is 1. The minimum absolute atomic E-state index is 0.0178. The van der Waals surface area contributed by atoms with E-state index in [1.54, 1.807) is 6.08 Å². The first-order valence-corrected chi connectivity index (χ1v) is 25.3. The standard InChI is InChI=1S/C50H91N2O6P/c1-6-8-10-12-14-16-18-20-22-23-24-25-26-27-28-30-31-33-35-37-39-41-43-49(53)48(47-58-59(55,56)57-46-45-52(3,4)5)51-50(54)44-42-40-38-36-34-32-29-21-19-17-15-13-11-9-7-2/h9,11,15,17,21,29,33-36,41,43,48-49,53H,6-8,10,12-14,16,18-20,22-28,30-32,37-40,42,44-47H2,1-5H3,(H-,51,54,55,56)/b11-9-,17-15-,29-21-,35-33+,36-34-,43-41+. The van der Waals surface area contributed by atoms with Crippen molar-refractivity contribution in [2.75, 3.05) is 40.9 Å². The predicted molar refractivity (Wildman–Crippen MR) is 251 cm³/mol. The number of unbranched alkanes of at least 4 members (excludes halogenated alkanes) is 19. The number of phosphoric ester groups is 1. The number of phosphoric acid groups is 1. The molecular formula is C50H91N2O6P. The highest BCUT2D eigenvalue weighted by atomic mass is 31.2. The van der Waals surface area contributed by atoms with Gasteiger partial charge in [0.2, 0.25) is 5.91 Å². The predicted octanol–water partition coefficient (Wildman–Crippen LogP) is 12.9. The highest BCUT2D eigenvalue weighted by Crippen LogP contribution is 2.38. The molecule has 0 aromatic heterocycles. The number of carbonyl (C=O) groups is 1. The number of amides is 1. The lowest BCUT2D eigenvalue weighted by Crippen LogP contribution is -2.45.